The highest BCUT2D eigenvalue weighted by Crippen LogP contribution is 2.19. The van der Waals surface area contributed by atoms with Gasteiger partial charge < -0.3 is 4.98 Å². The van der Waals surface area contributed by atoms with Crippen molar-refractivity contribution in [3.05, 3.63) is 35.7 Å². The molecule has 76 valence electrons. The van der Waals surface area contributed by atoms with Crippen molar-refractivity contribution < 1.29 is 4.79 Å². The molecule has 0 amide bonds. The summed E-state index contributed by atoms with van der Waals surface area (Å²) in [4.78, 5) is 18.2. The molecule has 0 spiro atoms. The first-order valence-electron chi connectivity index (χ1n) is 4.54. The summed E-state index contributed by atoms with van der Waals surface area (Å²) in [7, 11) is 0. The zero-order chi connectivity index (χ0) is 10.7. The van der Waals surface area contributed by atoms with Crippen LogP contribution in [0.2, 0.25) is 0 Å². The Morgan fingerprint density at radius 2 is 2.27 bits per heavy atom. The number of allylic oxidation sites excluding steroid dienone is 1. The third kappa shape index (κ3) is 2.47. The molecule has 1 heterocycles. The zero-order valence-electron chi connectivity index (χ0n) is 8.23. The van der Waals surface area contributed by atoms with Gasteiger partial charge in [0, 0.05) is 0 Å². The molecule has 0 unspecified atom stereocenters. The van der Waals surface area contributed by atoms with Crippen LogP contribution < -0.4 is 0 Å². The second kappa shape index (κ2) is 4.31. The van der Waals surface area contributed by atoms with Crippen molar-refractivity contribution in [3.63, 3.8) is 0 Å². The van der Waals surface area contributed by atoms with Gasteiger partial charge in [0.2, 0.25) is 0 Å². The van der Waals surface area contributed by atoms with Gasteiger partial charge in [-0.1, -0.05) is 23.9 Å². The Bertz CT molecular complexity index is 483. The minimum absolute atomic E-state index is 0.0404. The topological polar surface area (TPSA) is 45.8 Å². The lowest BCUT2D eigenvalue weighted by Gasteiger charge is -1.85. The van der Waals surface area contributed by atoms with Crippen LogP contribution in [0.5, 0.6) is 0 Å². The molecule has 4 heteroatoms. The molecule has 1 N–H and O–H groups in total. The third-order valence-corrected chi connectivity index (χ3v) is 2.54. The molecule has 0 aliphatic carbocycles. The van der Waals surface area contributed by atoms with Crippen LogP contribution in [0.1, 0.15) is 6.92 Å². The van der Waals surface area contributed by atoms with Gasteiger partial charge in [-0.15, -0.1) is 0 Å². The summed E-state index contributed by atoms with van der Waals surface area (Å²) in [6.07, 6.45) is 1.53. The number of carbonyl (C=O) groups is 1. The Morgan fingerprint density at radius 1 is 1.47 bits per heavy atom. The maximum Gasteiger partial charge on any atom is 0.170 e. The largest absolute Gasteiger partial charge is 0.333 e. The molecule has 0 bridgehead atoms. The molecule has 2 aromatic rings. The number of rotatable bonds is 3. The highest BCUT2D eigenvalue weighted by Gasteiger charge is 1.99. The monoisotopic (exact) mass is 218 g/mol. The van der Waals surface area contributed by atoms with Crippen LogP contribution in [0, 0.1) is 0 Å². The molecule has 0 saturated heterocycles. The fourth-order valence-corrected chi connectivity index (χ4v) is 1.89. The van der Waals surface area contributed by atoms with Crippen molar-refractivity contribution >= 4 is 28.6 Å². The lowest BCUT2D eigenvalue weighted by atomic mass is 10.3. The van der Waals surface area contributed by atoms with Gasteiger partial charge in [0.1, 0.15) is 0 Å². The van der Waals surface area contributed by atoms with Crippen molar-refractivity contribution in [2.75, 3.05) is 0 Å². The minimum atomic E-state index is 0.0404. The van der Waals surface area contributed by atoms with Gasteiger partial charge in [0.05, 0.1) is 11.0 Å². The number of fused-ring (bicyclic) bond motifs is 1. The maximum absolute atomic E-state index is 10.7. The van der Waals surface area contributed by atoms with E-state index < -0.39 is 0 Å². The molecular weight excluding hydrogens is 208 g/mol. The fourth-order valence-electron chi connectivity index (χ4n) is 1.18. The molecule has 1 aromatic carbocycles. The highest BCUT2D eigenvalue weighted by molar-refractivity contribution is 8.02. The quantitative estimate of drug-likeness (QED) is 0.636. The maximum atomic E-state index is 10.7. The second-order valence-electron chi connectivity index (χ2n) is 3.09. The summed E-state index contributed by atoms with van der Waals surface area (Å²) in [5.74, 6) is 0.0404. The summed E-state index contributed by atoms with van der Waals surface area (Å²) in [5.41, 5.74) is 1.95. The standard InChI is InChI=1S/C11H10N2OS/c1-8(14)6-7-15-11-12-9-4-2-3-5-10(9)13-11/h2-7H,1H3,(H,12,13). The van der Waals surface area contributed by atoms with Gasteiger partial charge in [-0.25, -0.2) is 4.98 Å². The fraction of sp³-hybridized carbons (Fsp3) is 0.0909. The smallest absolute Gasteiger partial charge is 0.170 e. The highest BCUT2D eigenvalue weighted by atomic mass is 32.2. The number of carbonyl (C=O) groups excluding carboxylic acids is 1. The van der Waals surface area contributed by atoms with E-state index in [4.69, 9.17) is 0 Å². The minimum Gasteiger partial charge on any atom is -0.333 e. The molecule has 15 heavy (non-hydrogen) atoms. The van der Waals surface area contributed by atoms with E-state index in [0.717, 1.165) is 16.2 Å². The molecule has 1 aromatic heterocycles. The number of imidazole rings is 1. The number of aromatic amines is 1. The molecule has 2 rings (SSSR count). The van der Waals surface area contributed by atoms with Crippen molar-refractivity contribution in [1.29, 1.82) is 0 Å². The lowest BCUT2D eigenvalue weighted by molar-refractivity contribution is -0.112. The Morgan fingerprint density at radius 3 is 3.00 bits per heavy atom. The number of nitrogens with one attached hydrogen (secondary N) is 1. The second-order valence-corrected chi connectivity index (χ2v) is 3.98. The number of para-hydroxylation sites is 2. The average molecular weight is 218 g/mol. The zero-order valence-corrected chi connectivity index (χ0v) is 9.04. The summed E-state index contributed by atoms with van der Waals surface area (Å²) in [6.45, 7) is 1.52. The first-order chi connectivity index (χ1) is 7.25. The van der Waals surface area contributed by atoms with E-state index in [-0.39, 0.29) is 5.78 Å². The number of hydrogen-bond acceptors (Lipinski definition) is 3. The van der Waals surface area contributed by atoms with E-state index in [9.17, 15) is 4.79 Å². The van der Waals surface area contributed by atoms with Crippen LogP contribution in [0.25, 0.3) is 11.0 Å². The Kier molecular flexibility index (Phi) is 2.87. The van der Waals surface area contributed by atoms with Crippen LogP contribution in [0.15, 0.2) is 40.9 Å². The number of hydrogen-bond donors (Lipinski definition) is 1. The molecule has 0 aliphatic rings. The normalized spacial score (nSPS) is 11.3. The van der Waals surface area contributed by atoms with Crippen molar-refractivity contribution in [3.8, 4) is 0 Å². The van der Waals surface area contributed by atoms with E-state index in [1.807, 2.05) is 24.3 Å². The molecule has 0 atom stereocenters. The van der Waals surface area contributed by atoms with Crippen molar-refractivity contribution in [2.45, 2.75) is 12.1 Å². The summed E-state index contributed by atoms with van der Waals surface area (Å²) >= 11 is 1.41. The van der Waals surface area contributed by atoms with Crippen molar-refractivity contribution in [1.82, 2.24) is 9.97 Å². The van der Waals surface area contributed by atoms with E-state index >= 15 is 0 Å². The molecule has 0 fully saturated rings. The van der Waals surface area contributed by atoms with Gasteiger partial charge in [-0.05, 0) is 30.5 Å². The van der Waals surface area contributed by atoms with Crippen molar-refractivity contribution in [2.24, 2.45) is 0 Å². The number of benzene rings is 1. The molecule has 0 aliphatic heterocycles. The first kappa shape index (κ1) is 9.98. The average Bonchev–Trinajstić information content (AvgIpc) is 2.59. The number of ketones is 1. The van der Waals surface area contributed by atoms with E-state index in [0.29, 0.717) is 0 Å². The SMILES string of the molecule is CC(=O)C=CSc1nc2ccccc2[nH]1. The summed E-state index contributed by atoms with van der Waals surface area (Å²) in [5, 5.41) is 2.54. The predicted octanol–water partition coefficient (Wildman–Crippen LogP) is 2.76. The van der Waals surface area contributed by atoms with Crippen LogP contribution in [0.3, 0.4) is 0 Å². The van der Waals surface area contributed by atoms with Gasteiger partial charge in [0.25, 0.3) is 0 Å². The molecule has 3 nitrogen and oxygen atoms in total. The molecule has 0 radical (unpaired) electrons. The number of H-pyrrole nitrogens is 1. The summed E-state index contributed by atoms with van der Waals surface area (Å²) < 4.78 is 0. The Balaban J connectivity index is 2.19. The summed E-state index contributed by atoms with van der Waals surface area (Å²) in [6, 6.07) is 7.83. The van der Waals surface area contributed by atoms with Crippen LogP contribution >= 0.6 is 11.8 Å². The molecular formula is C11H10N2OS. The number of aromatic nitrogens is 2. The molecule has 0 saturated carbocycles. The Labute approximate surface area is 91.6 Å². The predicted molar refractivity (Wildman–Crippen MR) is 61.8 cm³/mol. The van der Waals surface area contributed by atoms with E-state index in [1.165, 1.54) is 24.8 Å². The third-order valence-electron chi connectivity index (χ3n) is 1.85. The van der Waals surface area contributed by atoms with E-state index in [2.05, 4.69) is 9.97 Å². The van der Waals surface area contributed by atoms with Gasteiger partial charge in [-0.3, -0.25) is 4.79 Å². The van der Waals surface area contributed by atoms with E-state index in [1.54, 1.807) is 5.41 Å². The van der Waals surface area contributed by atoms with Gasteiger partial charge in [0.15, 0.2) is 10.9 Å². The van der Waals surface area contributed by atoms with Crippen LogP contribution in [-0.4, -0.2) is 15.8 Å². The van der Waals surface area contributed by atoms with Gasteiger partial charge >= 0.3 is 0 Å². The first-order valence-corrected chi connectivity index (χ1v) is 5.42. The van der Waals surface area contributed by atoms with Crippen LogP contribution in [0.4, 0.5) is 0 Å². The van der Waals surface area contributed by atoms with Crippen LogP contribution in [-0.2, 0) is 4.79 Å². The van der Waals surface area contributed by atoms with Gasteiger partial charge in [-0.2, -0.15) is 0 Å². The number of thioether (sulfide) groups is 1. The Hall–Kier alpha value is -1.55. The lowest BCUT2D eigenvalue weighted by Crippen LogP contribution is -1.78. The number of nitrogens with zero attached hydrogens (tertiary/aromatic N) is 1.